The van der Waals surface area contributed by atoms with Crippen molar-refractivity contribution in [2.45, 2.75) is 37.7 Å². The van der Waals surface area contributed by atoms with E-state index >= 15 is 0 Å². The first-order chi connectivity index (χ1) is 6.68. The van der Waals surface area contributed by atoms with Gasteiger partial charge in [0.15, 0.2) is 5.78 Å². The number of ketones is 1. The van der Waals surface area contributed by atoms with Crippen LogP contribution in [0.3, 0.4) is 0 Å². The molecule has 1 unspecified atom stereocenters. The third-order valence-corrected chi connectivity index (χ3v) is 3.56. The molecule has 0 bridgehead atoms. The largest absolute Gasteiger partial charge is 0.458 e. The minimum atomic E-state index is -0.483. The number of esters is 1. The van der Waals surface area contributed by atoms with E-state index in [1.165, 1.54) is 0 Å². The minimum absolute atomic E-state index is 0.0109. The zero-order valence-corrected chi connectivity index (χ0v) is 8.68. The molecular formula is C10H13ClO3. The first kappa shape index (κ1) is 9.97. The fourth-order valence-corrected chi connectivity index (χ4v) is 2.80. The van der Waals surface area contributed by atoms with Gasteiger partial charge in [-0.1, -0.05) is 0 Å². The summed E-state index contributed by atoms with van der Waals surface area (Å²) in [5.74, 6) is -0.576. The number of ether oxygens (including phenoxy) is 1. The Kier molecular flexibility index (Phi) is 2.52. The Balaban J connectivity index is 2.21. The maximum atomic E-state index is 11.6. The van der Waals surface area contributed by atoms with Crippen molar-refractivity contribution < 1.29 is 14.3 Å². The van der Waals surface area contributed by atoms with Crippen LogP contribution in [0.5, 0.6) is 0 Å². The van der Waals surface area contributed by atoms with E-state index in [1.54, 1.807) is 0 Å². The van der Waals surface area contributed by atoms with Crippen LogP contribution in [0.2, 0.25) is 0 Å². The number of rotatable bonds is 2. The second kappa shape index (κ2) is 3.54. The van der Waals surface area contributed by atoms with Crippen LogP contribution < -0.4 is 0 Å². The molecule has 14 heavy (non-hydrogen) atoms. The van der Waals surface area contributed by atoms with Gasteiger partial charge in [0.05, 0.1) is 18.2 Å². The van der Waals surface area contributed by atoms with Gasteiger partial charge in [0.2, 0.25) is 0 Å². The molecule has 1 aliphatic heterocycles. The van der Waals surface area contributed by atoms with Crippen LogP contribution in [0, 0.1) is 5.92 Å². The van der Waals surface area contributed by atoms with E-state index in [0.717, 1.165) is 25.7 Å². The summed E-state index contributed by atoms with van der Waals surface area (Å²) in [7, 11) is 0. The van der Waals surface area contributed by atoms with Gasteiger partial charge in [-0.3, -0.25) is 9.59 Å². The lowest BCUT2D eigenvalue weighted by atomic mass is 9.83. The van der Waals surface area contributed by atoms with Gasteiger partial charge in [0.25, 0.3) is 0 Å². The van der Waals surface area contributed by atoms with Gasteiger partial charge in [0, 0.05) is 0 Å². The van der Waals surface area contributed by atoms with E-state index in [0.29, 0.717) is 0 Å². The van der Waals surface area contributed by atoms with Crippen molar-refractivity contribution in [3.8, 4) is 0 Å². The summed E-state index contributed by atoms with van der Waals surface area (Å²) in [5, 5.41) is 0. The third kappa shape index (κ3) is 1.44. The molecule has 0 amide bonds. The Morgan fingerprint density at radius 3 is 2.71 bits per heavy atom. The summed E-state index contributed by atoms with van der Waals surface area (Å²) in [6.07, 6.45) is 3.96. The van der Waals surface area contributed by atoms with Gasteiger partial charge in [-0.25, -0.2) is 0 Å². The Bertz CT molecular complexity index is 269. The summed E-state index contributed by atoms with van der Waals surface area (Å²) in [4.78, 5) is 22.8. The molecule has 0 aromatic carbocycles. The number of halogens is 1. The predicted octanol–water partition coefficient (Wildman–Crippen LogP) is 1.67. The summed E-state index contributed by atoms with van der Waals surface area (Å²) < 4.78 is 5.33. The summed E-state index contributed by atoms with van der Waals surface area (Å²) in [6.45, 7) is 0. The van der Waals surface area contributed by atoms with Crippen LogP contribution in [0.15, 0.2) is 0 Å². The van der Waals surface area contributed by atoms with Crippen molar-refractivity contribution in [1.29, 1.82) is 0 Å². The summed E-state index contributed by atoms with van der Waals surface area (Å²) >= 11 is 5.52. The molecule has 2 fully saturated rings. The molecule has 1 aliphatic carbocycles. The van der Waals surface area contributed by atoms with Crippen molar-refractivity contribution in [2.24, 2.45) is 5.92 Å². The fraction of sp³-hybridized carbons (Fsp3) is 0.800. The van der Waals surface area contributed by atoms with Crippen LogP contribution in [-0.4, -0.2) is 23.2 Å². The Morgan fingerprint density at radius 2 is 2.14 bits per heavy atom. The van der Waals surface area contributed by atoms with Gasteiger partial charge in [0.1, 0.15) is 5.60 Å². The van der Waals surface area contributed by atoms with Gasteiger partial charge < -0.3 is 4.74 Å². The molecular weight excluding hydrogens is 204 g/mol. The lowest BCUT2D eigenvalue weighted by Crippen LogP contribution is -2.37. The zero-order chi connectivity index (χ0) is 10.2. The lowest BCUT2D eigenvalue weighted by molar-refractivity contribution is -0.149. The lowest BCUT2D eigenvalue weighted by Gasteiger charge is -2.27. The van der Waals surface area contributed by atoms with Crippen molar-refractivity contribution >= 4 is 23.4 Å². The van der Waals surface area contributed by atoms with Crippen molar-refractivity contribution in [3.05, 3.63) is 0 Å². The average molecular weight is 217 g/mol. The van der Waals surface area contributed by atoms with Crippen LogP contribution >= 0.6 is 11.6 Å². The first-order valence-electron chi connectivity index (χ1n) is 4.98. The highest BCUT2D eigenvalue weighted by Crippen LogP contribution is 2.45. The molecule has 0 aromatic rings. The molecule has 1 saturated carbocycles. The van der Waals surface area contributed by atoms with E-state index in [9.17, 15) is 9.59 Å². The molecule has 1 spiro atoms. The highest BCUT2D eigenvalue weighted by atomic mass is 35.5. The van der Waals surface area contributed by atoms with Crippen LogP contribution in [-0.2, 0) is 14.3 Å². The van der Waals surface area contributed by atoms with Gasteiger partial charge in [-0.05, 0) is 25.7 Å². The molecule has 1 heterocycles. The molecule has 78 valence electrons. The van der Waals surface area contributed by atoms with Crippen molar-refractivity contribution in [3.63, 3.8) is 0 Å². The number of carbonyl (C=O) groups is 2. The number of alkyl halides is 1. The molecule has 3 nitrogen and oxygen atoms in total. The van der Waals surface area contributed by atoms with Crippen molar-refractivity contribution in [1.82, 2.24) is 0 Å². The van der Waals surface area contributed by atoms with Gasteiger partial charge >= 0.3 is 5.97 Å². The summed E-state index contributed by atoms with van der Waals surface area (Å²) in [5.41, 5.74) is -0.483. The molecule has 1 atom stereocenters. The second-order valence-electron chi connectivity index (χ2n) is 4.10. The molecule has 4 heteroatoms. The SMILES string of the molecule is O=C1CC(C(=O)CCl)C2(CCCC2)O1. The minimum Gasteiger partial charge on any atom is -0.458 e. The monoisotopic (exact) mass is 216 g/mol. The van der Waals surface area contributed by atoms with E-state index in [-0.39, 0.29) is 30.0 Å². The van der Waals surface area contributed by atoms with Crippen molar-refractivity contribution in [2.75, 3.05) is 5.88 Å². The highest BCUT2D eigenvalue weighted by Gasteiger charge is 2.53. The molecule has 2 rings (SSSR count). The number of hydrogen-bond acceptors (Lipinski definition) is 3. The van der Waals surface area contributed by atoms with Gasteiger partial charge in [-0.15, -0.1) is 11.6 Å². The van der Waals surface area contributed by atoms with E-state index in [4.69, 9.17) is 16.3 Å². The topological polar surface area (TPSA) is 43.4 Å². The highest BCUT2D eigenvalue weighted by molar-refractivity contribution is 6.28. The fourth-order valence-electron chi connectivity index (χ4n) is 2.62. The molecule has 2 aliphatic rings. The molecule has 1 saturated heterocycles. The predicted molar refractivity (Wildman–Crippen MR) is 51.1 cm³/mol. The average Bonchev–Trinajstić information content (AvgIpc) is 2.74. The molecule has 0 radical (unpaired) electrons. The standard InChI is InChI=1S/C10H13ClO3/c11-6-8(12)7-5-9(13)14-10(7)3-1-2-4-10/h7H,1-6H2. The Morgan fingerprint density at radius 1 is 1.50 bits per heavy atom. The first-order valence-corrected chi connectivity index (χ1v) is 5.52. The van der Waals surface area contributed by atoms with Crippen LogP contribution in [0.1, 0.15) is 32.1 Å². The number of Topliss-reactive ketones (excluding diaryl/α,β-unsaturated/α-hetero) is 1. The normalized spacial score (nSPS) is 29.5. The van der Waals surface area contributed by atoms with Gasteiger partial charge in [-0.2, -0.15) is 0 Å². The number of carbonyl (C=O) groups excluding carboxylic acids is 2. The Labute approximate surface area is 87.8 Å². The van der Waals surface area contributed by atoms with Crippen LogP contribution in [0.4, 0.5) is 0 Å². The zero-order valence-electron chi connectivity index (χ0n) is 7.92. The van der Waals surface area contributed by atoms with E-state index in [2.05, 4.69) is 0 Å². The maximum Gasteiger partial charge on any atom is 0.307 e. The number of hydrogen-bond donors (Lipinski definition) is 0. The maximum absolute atomic E-state index is 11.6. The quantitative estimate of drug-likeness (QED) is 0.521. The smallest absolute Gasteiger partial charge is 0.307 e. The third-order valence-electron chi connectivity index (χ3n) is 3.29. The molecule has 0 N–H and O–H groups in total. The van der Waals surface area contributed by atoms with E-state index in [1.807, 2.05) is 0 Å². The second-order valence-corrected chi connectivity index (χ2v) is 4.37. The van der Waals surface area contributed by atoms with Crippen LogP contribution in [0.25, 0.3) is 0 Å². The van der Waals surface area contributed by atoms with E-state index < -0.39 is 5.60 Å². The summed E-state index contributed by atoms with van der Waals surface area (Å²) in [6, 6.07) is 0. The Hall–Kier alpha value is -0.570. The molecule has 0 aromatic heterocycles.